The molecule has 21 heavy (non-hydrogen) atoms. The maximum atomic E-state index is 11.2. The van der Waals surface area contributed by atoms with Crippen LogP contribution in [-0.2, 0) is 17.9 Å². The lowest BCUT2D eigenvalue weighted by molar-refractivity contribution is -0.119. The summed E-state index contributed by atoms with van der Waals surface area (Å²) in [5.74, 6) is -0.365. The number of halogens is 1. The molecule has 0 unspecified atom stereocenters. The van der Waals surface area contributed by atoms with E-state index < -0.39 is 0 Å². The molecule has 2 rings (SSSR count). The zero-order valence-corrected chi connectivity index (χ0v) is 13.1. The second kappa shape index (κ2) is 7.19. The van der Waals surface area contributed by atoms with Crippen molar-refractivity contribution in [1.29, 1.82) is 0 Å². The van der Waals surface area contributed by atoms with Crippen molar-refractivity contribution in [2.75, 3.05) is 12.3 Å². The number of anilines is 1. The number of benzene rings is 1. The van der Waals surface area contributed by atoms with E-state index in [-0.39, 0.29) is 12.5 Å². The summed E-state index contributed by atoms with van der Waals surface area (Å²) in [6.07, 6.45) is 1.73. The molecular weight excluding hydrogens is 332 g/mol. The number of hydrogen-bond acceptors (Lipinski definition) is 4. The van der Waals surface area contributed by atoms with Crippen molar-refractivity contribution >= 4 is 27.5 Å². The minimum Gasteiger partial charge on any atom is -0.399 e. The lowest BCUT2D eigenvalue weighted by Crippen LogP contribution is -2.33. The topological polar surface area (TPSA) is 85.2 Å². The van der Waals surface area contributed by atoms with Crippen LogP contribution in [0.4, 0.5) is 5.69 Å². The molecule has 0 saturated heterocycles. The number of nitrogens with two attached hydrogens (primary N) is 2. The molecule has 0 saturated carbocycles. The van der Waals surface area contributed by atoms with Crippen molar-refractivity contribution in [2.24, 2.45) is 5.73 Å². The van der Waals surface area contributed by atoms with Crippen LogP contribution in [0, 0.1) is 0 Å². The molecule has 0 aliphatic rings. The zero-order valence-electron chi connectivity index (χ0n) is 11.5. The van der Waals surface area contributed by atoms with Gasteiger partial charge in [-0.2, -0.15) is 0 Å². The Balaban J connectivity index is 2.10. The van der Waals surface area contributed by atoms with Crippen molar-refractivity contribution in [3.63, 3.8) is 0 Å². The highest BCUT2D eigenvalue weighted by Gasteiger charge is 2.11. The average molecular weight is 349 g/mol. The number of nitrogens with zero attached hydrogens (tertiary/aromatic N) is 2. The average Bonchev–Trinajstić information content (AvgIpc) is 2.40. The quantitative estimate of drug-likeness (QED) is 0.781. The molecule has 0 spiro atoms. The Bertz CT molecular complexity index is 615. The monoisotopic (exact) mass is 348 g/mol. The van der Waals surface area contributed by atoms with Crippen LogP contribution >= 0.6 is 15.9 Å². The Morgan fingerprint density at radius 1 is 1.24 bits per heavy atom. The van der Waals surface area contributed by atoms with E-state index >= 15 is 0 Å². The zero-order chi connectivity index (χ0) is 15.2. The first-order chi connectivity index (χ1) is 10.0. The highest BCUT2D eigenvalue weighted by molar-refractivity contribution is 9.10. The maximum Gasteiger partial charge on any atom is 0.231 e. The molecule has 1 aromatic heterocycles. The van der Waals surface area contributed by atoms with Crippen LogP contribution in [0.5, 0.6) is 0 Å². The Labute approximate surface area is 132 Å². The number of carbonyl (C=O) groups excluding carboxylic acids is 1. The largest absolute Gasteiger partial charge is 0.399 e. The van der Waals surface area contributed by atoms with Crippen LogP contribution in [-0.4, -0.2) is 22.3 Å². The smallest absolute Gasteiger partial charge is 0.231 e. The van der Waals surface area contributed by atoms with Crippen LogP contribution in [0.2, 0.25) is 0 Å². The van der Waals surface area contributed by atoms with Crippen molar-refractivity contribution in [3.8, 4) is 0 Å². The van der Waals surface area contributed by atoms with Gasteiger partial charge in [0, 0.05) is 29.4 Å². The van der Waals surface area contributed by atoms with E-state index in [9.17, 15) is 4.79 Å². The van der Waals surface area contributed by atoms with E-state index in [2.05, 4.69) is 20.9 Å². The van der Waals surface area contributed by atoms with Gasteiger partial charge in [-0.05, 0) is 45.8 Å². The van der Waals surface area contributed by atoms with Crippen LogP contribution < -0.4 is 11.5 Å². The first kappa shape index (κ1) is 15.5. The third-order valence-corrected chi connectivity index (χ3v) is 3.38. The third kappa shape index (κ3) is 5.17. The fraction of sp³-hybridized carbons (Fsp3) is 0.200. The molecule has 4 N–H and O–H groups in total. The third-order valence-electron chi connectivity index (χ3n) is 2.91. The highest BCUT2D eigenvalue weighted by Crippen LogP contribution is 2.13. The van der Waals surface area contributed by atoms with Crippen LogP contribution in [0.3, 0.4) is 0 Å². The lowest BCUT2D eigenvalue weighted by atomic mass is 10.2. The van der Waals surface area contributed by atoms with Gasteiger partial charge in [-0.25, -0.2) is 0 Å². The van der Waals surface area contributed by atoms with E-state index in [1.807, 2.05) is 41.3 Å². The van der Waals surface area contributed by atoms with Crippen molar-refractivity contribution in [1.82, 2.24) is 9.88 Å². The molecule has 110 valence electrons. The Morgan fingerprint density at radius 3 is 2.67 bits per heavy atom. The maximum absolute atomic E-state index is 11.2. The van der Waals surface area contributed by atoms with E-state index in [1.165, 1.54) is 0 Å². The second-order valence-corrected chi connectivity index (χ2v) is 5.74. The van der Waals surface area contributed by atoms with E-state index in [0.717, 1.165) is 15.7 Å². The molecule has 0 fully saturated rings. The molecule has 0 bridgehead atoms. The standard InChI is InChI=1S/C15H17BrN4O/c16-12-4-5-14(19-7-12)9-20(10-15(18)21)8-11-2-1-3-13(17)6-11/h1-7H,8-10,17H2,(H2,18,21). The molecule has 1 heterocycles. The van der Waals surface area contributed by atoms with Gasteiger partial charge in [0.15, 0.2) is 0 Å². The SMILES string of the molecule is NC(=O)CN(Cc1cccc(N)c1)Cc1ccc(Br)cn1. The van der Waals surface area contributed by atoms with E-state index in [4.69, 9.17) is 11.5 Å². The molecule has 1 amide bonds. The van der Waals surface area contributed by atoms with Crippen LogP contribution in [0.1, 0.15) is 11.3 Å². The molecule has 2 aromatic rings. The van der Waals surface area contributed by atoms with Gasteiger partial charge in [0.05, 0.1) is 12.2 Å². The van der Waals surface area contributed by atoms with Gasteiger partial charge >= 0.3 is 0 Å². The first-order valence-corrected chi connectivity index (χ1v) is 7.28. The molecular formula is C15H17BrN4O. The van der Waals surface area contributed by atoms with E-state index in [1.54, 1.807) is 6.20 Å². The molecule has 1 aromatic carbocycles. The van der Waals surface area contributed by atoms with E-state index in [0.29, 0.717) is 18.8 Å². The number of carbonyl (C=O) groups is 1. The van der Waals surface area contributed by atoms with Gasteiger partial charge in [-0.15, -0.1) is 0 Å². The minimum atomic E-state index is -0.365. The number of nitrogen functional groups attached to an aromatic ring is 1. The Hall–Kier alpha value is -1.92. The summed E-state index contributed by atoms with van der Waals surface area (Å²) < 4.78 is 0.920. The first-order valence-electron chi connectivity index (χ1n) is 6.48. The van der Waals surface area contributed by atoms with Gasteiger partial charge in [0.1, 0.15) is 0 Å². The molecule has 0 atom stereocenters. The summed E-state index contributed by atoms with van der Waals surface area (Å²) in [4.78, 5) is 17.5. The lowest BCUT2D eigenvalue weighted by Gasteiger charge is -2.20. The Kier molecular flexibility index (Phi) is 5.30. The molecule has 5 nitrogen and oxygen atoms in total. The molecule has 0 aliphatic heterocycles. The number of hydrogen-bond donors (Lipinski definition) is 2. The predicted octanol–water partition coefficient (Wildman–Crippen LogP) is 1.91. The van der Waals surface area contributed by atoms with Crippen LogP contribution in [0.25, 0.3) is 0 Å². The summed E-state index contributed by atoms with van der Waals surface area (Å²) in [7, 11) is 0. The number of amides is 1. The van der Waals surface area contributed by atoms with Crippen LogP contribution in [0.15, 0.2) is 47.1 Å². The molecule has 0 aliphatic carbocycles. The molecule has 6 heteroatoms. The number of primary amides is 1. The van der Waals surface area contributed by atoms with Gasteiger partial charge in [0.2, 0.25) is 5.91 Å². The summed E-state index contributed by atoms with van der Waals surface area (Å²) in [5.41, 5.74) is 13.7. The predicted molar refractivity (Wildman–Crippen MR) is 86.1 cm³/mol. The van der Waals surface area contributed by atoms with Crippen molar-refractivity contribution < 1.29 is 4.79 Å². The van der Waals surface area contributed by atoms with Gasteiger partial charge in [0.25, 0.3) is 0 Å². The number of pyridine rings is 1. The summed E-state index contributed by atoms with van der Waals surface area (Å²) in [5, 5.41) is 0. The van der Waals surface area contributed by atoms with Gasteiger partial charge < -0.3 is 11.5 Å². The van der Waals surface area contributed by atoms with Crippen molar-refractivity contribution in [2.45, 2.75) is 13.1 Å². The summed E-state index contributed by atoms with van der Waals surface area (Å²) in [6, 6.07) is 11.4. The second-order valence-electron chi connectivity index (χ2n) is 4.82. The summed E-state index contributed by atoms with van der Waals surface area (Å²) >= 11 is 3.35. The molecule has 0 radical (unpaired) electrons. The normalized spacial score (nSPS) is 10.8. The number of rotatable bonds is 6. The fourth-order valence-corrected chi connectivity index (χ4v) is 2.30. The summed E-state index contributed by atoms with van der Waals surface area (Å²) in [6.45, 7) is 1.31. The van der Waals surface area contributed by atoms with Gasteiger partial charge in [-0.3, -0.25) is 14.7 Å². The number of aromatic nitrogens is 1. The highest BCUT2D eigenvalue weighted by atomic mass is 79.9. The van der Waals surface area contributed by atoms with Gasteiger partial charge in [-0.1, -0.05) is 12.1 Å². The fourth-order valence-electron chi connectivity index (χ4n) is 2.07. The van der Waals surface area contributed by atoms with Crippen molar-refractivity contribution in [3.05, 3.63) is 58.3 Å². The minimum absolute atomic E-state index is 0.173. The Morgan fingerprint density at radius 2 is 2.05 bits per heavy atom.